The number of carbonyl (C=O) groups excluding carboxylic acids is 1. The lowest BCUT2D eigenvalue weighted by Gasteiger charge is -2.29. The van der Waals surface area contributed by atoms with Gasteiger partial charge >= 0.3 is 5.97 Å². The zero-order chi connectivity index (χ0) is 19.6. The summed E-state index contributed by atoms with van der Waals surface area (Å²) in [5.74, 6) is -0.648. The molecule has 9 heteroatoms. The third kappa shape index (κ3) is 3.96. The summed E-state index contributed by atoms with van der Waals surface area (Å²) >= 11 is 0. The number of rotatable bonds is 4. The standard InChI is InChI=1S/C18H24N4O4S/c1-12-10-21-17(15-7-4-3-6-14(12)15)27(24,25)22-9-5-8-20-11-16(22)26-18(23)13(2)19/h3-4,6-7,10,13,16,20H,5,8-9,11,19H2,1-2H3/t13-,16-/m0/s1. The Morgan fingerprint density at radius 1 is 1.37 bits per heavy atom. The third-order valence-corrected chi connectivity index (χ3v) is 6.36. The molecule has 2 heterocycles. The molecule has 0 bridgehead atoms. The molecule has 3 rings (SSSR count). The number of nitrogens with two attached hydrogens (primary N) is 1. The first-order chi connectivity index (χ1) is 12.8. The lowest BCUT2D eigenvalue weighted by molar-refractivity contribution is -0.155. The maximum absolute atomic E-state index is 13.4. The first kappa shape index (κ1) is 19.7. The molecule has 0 radical (unpaired) electrons. The van der Waals surface area contributed by atoms with E-state index in [4.69, 9.17) is 10.5 Å². The number of hydrogen-bond donors (Lipinski definition) is 2. The monoisotopic (exact) mass is 392 g/mol. The smallest absolute Gasteiger partial charge is 0.324 e. The van der Waals surface area contributed by atoms with Gasteiger partial charge in [0.25, 0.3) is 10.0 Å². The molecule has 0 spiro atoms. The van der Waals surface area contributed by atoms with E-state index in [0.717, 1.165) is 10.9 Å². The fourth-order valence-corrected chi connectivity index (χ4v) is 4.73. The van der Waals surface area contributed by atoms with Crippen LogP contribution in [0.1, 0.15) is 18.9 Å². The van der Waals surface area contributed by atoms with Crippen LogP contribution < -0.4 is 11.1 Å². The number of pyridine rings is 1. The molecular formula is C18H24N4O4S. The molecule has 146 valence electrons. The summed E-state index contributed by atoms with van der Waals surface area (Å²) in [6.45, 7) is 4.42. The van der Waals surface area contributed by atoms with Crippen molar-refractivity contribution in [1.29, 1.82) is 0 Å². The van der Waals surface area contributed by atoms with Gasteiger partial charge in [-0.2, -0.15) is 4.31 Å². The van der Waals surface area contributed by atoms with Gasteiger partial charge in [-0.3, -0.25) is 4.79 Å². The Labute approximate surface area is 158 Å². The zero-order valence-corrected chi connectivity index (χ0v) is 16.2. The van der Waals surface area contributed by atoms with Crippen LogP contribution in [0.25, 0.3) is 10.8 Å². The zero-order valence-electron chi connectivity index (χ0n) is 15.4. The number of esters is 1. The molecule has 1 saturated heterocycles. The van der Waals surface area contributed by atoms with E-state index in [9.17, 15) is 13.2 Å². The first-order valence-corrected chi connectivity index (χ1v) is 10.3. The summed E-state index contributed by atoms with van der Waals surface area (Å²) < 4.78 is 33.5. The van der Waals surface area contributed by atoms with Crippen molar-refractivity contribution < 1.29 is 17.9 Å². The van der Waals surface area contributed by atoms with Gasteiger partial charge in [0.15, 0.2) is 11.3 Å². The second kappa shape index (κ2) is 7.89. The second-order valence-corrected chi connectivity index (χ2v) is 8.45. The quantitative estimate of drug-likeness (QED) is 0.738. The number of sulfonamides is 1. The van der Waals surface area contributed by atoms with Gasteiger partial charge in [0, 0.05) is 24.7 Å². The lowest BCUT2D eigenvalue weighted by atomic mass is 10.1. The molecular weight excluding hydrogens is 368 g/mol. The maximum atomic E-state index is 13.4. The minimum Gasteiger partial charge on any atom is -0.443 e. The fraction of sp³-hybridized carbons (Fsp3) is 0.444. The van der Waals surface area contributed by atoms with E-state index in [1.807, 2.05) is 19.1 Å². The van der Waals surface area contributed by atoms with Crippen LogP contribution in [0.4, 0.5) is 0 Å². The second-order valence-electron chi connectivity index (χ2n) is 6.65. The van der Waals surface area contributed by atoms with Gasteiger partial charge in [-0.15, -0.1) is 0 Å². The van der Waals surface area contributed by atoms with Crippen molar-refractivity contribution in [3.05, 3.63) is 36.0 Å². The number of hydrogen-bond acceptors (Lipinski definition) is 7. The first-order valence-electron chi connectivity index (χ1n) is 8.85. The molecule has 1 aromatic heterocycles. The lowest BCUT2D eigenvalue weighted by Crippen LogP contribution is -2.48. The maximum Gasteiger partial charge on any atom is 0.324 e. The van der Waals surface area contributed by atoms with Crippen LogP contribution in [0.15, 0.2) is 35.5 Å². The van der Waals surface area contributed by atoms with E-state index in [1.54, 1.807) is 18.3 Å². The highest BCUT2D eigenvalue weighted by Gasteiger charge is 2.37. The molecule has 0 amide bonds. The van der Waals surface area contributed by atoms with Crippen molar-refractivity contribution in [2.45, 2.75) is 37.6 Å². The number of fused-ring (bicyclic) bond motifs is 1. The van der Waals surface area contributed by atoms with Crippen molar-refractivity contribution in [2.75, 3.05) is 19.6 Å². The minimum absolute atomic E-state index is 0.0348. The Balaban J connectivity index is 2.06. The normalized spacial score (nSPS) is 20.2. The molecule has 1 fully saturated rings. The summed E-state index contributed by atoms with van der Waals surface area (Å²) in [7, 11) is -3.99. The average Bonchev–Trinajstić information content (AvgIpc) is 2.88. The number of nitrogens with zero attached hydrogens (tertiary/aromatic N) is 2. The van der Waals surface area contributed by atoms with E-state index in [1.165, 1.54) is 11.2 Å². The van der Waals surface area contributed by atoms with Gasteiger partial charge in [-0.1, -0.05) is 24.3 Å². The molecule has 0 saturated carbocycles. The summed E-state index contributed by atoms with van der Waals surface area (Å²) in [4.78, 5) is 16.2. The van der Waals surface area contributed by atoms with Crippen LogP contribution in [0.3, 0.4) is 0 Å². The van der Waals surface area contributed by atoms with Gasteiger partial charge in [0.05, 0.1) is 0 Å². The number of ether oxygens (including phenoxy) is 1. The highest BCUT2D eigenvalue weighted by atomic mass is 32.2. The Kier molecular flexibility index (Phi) is 5.75. The highest BCUT2D eigenvalue weighted by molar-refractivity contribution is 7.89. The summed E-state index contributed by atoms with van der Waals surface area (Å²) in [6, 6.07) is 6.40. The molecule has 0 unspecified atom stereocenters. The van der Waals surface area contributed by atoms with Crippen LogP contribution in [-0.2, 0) is 19.6 Å². The molecule has 1 aliphatic heterocycles. The average molecular weight is 392 g/mol. The number of carbonyl (C=O) groups is 1. The van der Waals surface area contributed by atoms with E-state index in [2.05, 4.69) is 10.3 Å². The number of nitrogens with one attached hydrogen (secondary N) is 1. The van der Waals surface area contributed by atoms with E-state index < -0.39 is 28.3 Å². The summed E-state index contributed by atoms with van der Waals surface area (Å²) in [5, 5.41) is 4.43. The van der Waals surface area contributed by atoms with Crippen LogP contribution in [0.5, 0.6) is 0 Å². The number of benzene rings is 1. The van der Waals surface area contributed by atoms with Crippen molar-refractivity contribution in [1.82, 2.24) is 14.6 Å². The Morgan fingerprint density at radius 2 is 2.07 bits per heavy atom. The van der Waals surface area contributed by atoms with Crippen molar-refractivity contribution in [2.24, 2.45) is 5.73 Å². The SMILES string of the molecule is Cc1cnc(S(=O)(=O)N2CCCNC[C@@H]2OC(=O)[C@H](C)N)c2ccccc12. The van der Waals surface area contributed by atoms with Crippen molar-refractivity contribution in [3.63, 3.8) is 0 Å². The molecule has 8 nitrogen and oxygen atoms in total. The third-order valence-electron chi connectivity index (χ3n) is 4.51. The Morgan fingerprint density at radius 3 is 2.78 bits per heavy atom. The predicted octanol–water partition coefficient (Wildman–Crippen LogP) is 0.744. The molecule has 1 aromatic carbocycles. The number of aromatic nitrogens is 1. The van der Waals surface area contributed by atoms with Gasteiger partial charge < -0.3 is 15.8 Å². The fourth-order valence-electron chi connectivity index (χ4n) is 3.07. The van der Waals surface area contributed by atoms with Gasteiger partial charge in [-0.05, 0) is 37.8 Å². The molecule has 1 aliphatic rings. The van der Waals surface area contributed by atoms with E-state index in [-0.39, 0.29) is 18.1 Å². The number of aryl methyl sites for hydroxylation is 1. The van der Waals surface area contributed by atoms with Crippen molar-refractivity contribution in [3.8, 4) is 0 Å². The minimum atomic E-state index is -3.99. The van der Waals surface area contributed by atoms with Gasteiger partial charge in [-0.25, -0.2) is 13.4 Å². The van der Waals surface area contributed by atoms with E-state index >= 15 is 0 Å². The molecule has 2 aromatic rings. The molecule has 27 heavy (non-hydrogen) atoms. The van der Waals surface area contributed by atoms with Crippen LogP contribution in [0.2, 0.25) is 0 Å². The largest absolute Gasteiger partial charge is 0.443 e. The molecule has 2 atom stereocenters. The predicted molar refractivity (Wildman–Crippen MR) is 101 cm³/mol. The topological polar surface area (TPSA) is 115 Å². The van der Waals surface area contributed by atoms with Gasteiger partial charge in [0.2, 0.25) is 0 Å². The van der Waals surface area contributed by atoms with Gasteiger partial charge in [0.1, 0.15) is 6.04 Å². The highest BCUT2D eigenvalue weighted by Crippen LogP contribution is 2.27. The molecule has 0 aliphatic carbocycles. The van der Waals surface area contributed by atoms with Crippen LogP contribution in [0, 0.1) is 6.92 Å². The summed E-state index contributed by atoms with van der Waals surface area (Å²) in [5.41, 5.74) is 6.46. The van der Waals surface area contributed by atoms with Crippen molar-refractivity contribution >= 4 is 26.8 Å². The van der Waals surface area contributed by atoms with E-state index in [0.29, 0.717) is 18.4 Å². The Hall–Kier alpha value is -2.07. The Bertz CT molecular complexity index is 946. The van der Waals surface area contributed by atoms with Crippen LogP contribution in [-0.4, -0.2) is 55.6 Å². The van der Waals surface area contributed by atoms with Crippen LogP contribution >= 0.6 is 0 Å². The summed E-state index contributed by atoms with van der Waals surface area (Å²) in [6.07, 6.45) is 1.17. The molecule has 3 N–H and O–H groups in total.